The van der Waals surface area contributed by atoms with Crippen molar-refractivity contribution in [2.75, 3.05) is 5.73 Å². The summed E-state index contributed by atoms with van der Waals surface area (Å²) in [5.74, 6) is 0. The fourth-order valence-corrected chi connectivity index (χ4v) is 1.87. The molecule has 0 unspecified atom stereocenters. The van der Waals surface area contributed by atoms with E-state index in [4.69, 9.17) is 5.73 Å². The van der Waals surface area contributed by atoms with E-state index in [2.05, 4.69) is 4.98 Å². The SMILES string of the molecule is Nc1cccc(-c2cn3ccc(=O)cc3[nH]2)c1. The number of fused-ring (bicyclic) bond motifs is 1. The molecule has 3 N–H and O–H groups in total. The Morgan fingerprint density at radius 2 is 2.06 bits per heavy atom. The van der Waals surface area contributed by atoms with E-state index in [0.29, 0.717) is 0 Å². The van der Waals surface area contributed by atoms with E-state index in [1.807, 2.05) is 34.9 Å². The van der Waals surface area contributed by atoms with E-state index in [9.17, 15) is 4.79 Å². The summed E-state index contributed by atoms with van der Waals surface area (Å²) in [5.41, 5.74) is 9.16. The van der Waals surface area contributed by atoms with E-state index >= 15 is 0 Å². The maximum absolute atomic E-state index is 11.2. The lowest BCUT2D eigenvalue weighted by molar-refractivity contribution is 1.18. The molecule has 0 bridgehead atoms. The molecule has 3 aromatic rings. The number of hydrogen-bond acceptors (Lipinski definition) is 2. The number of hydrogen-bond donors (Lipinski definition) is 2. The van der Waals surface area contributed by atoms with Gasteiger partial charge in [-0.3, -0.25) is 4.79 Å². The molecule has 0 fully saturated rings. The fraction of sp³-hybridized carbons (Fsp3) is 0. The maximum atomic E-state index is 11.2. The third-order valence-electron chi connectivity index (χ3n) is 2.69. The molecule has 0 spiro atoms. The van der Waals surface area contributed by atoms with E-state index in [0.717, 1.165) is 22.6 Å². The van der Waals surface area contributed by atoms with Crippen molar-refractivity contribution in [3.63, 3.8) is 0 Å². The van der Waals surface area contributed by atoms with Crippen molar-refractivity contribution in [3.05, 3.63) is 59.0 Å². The Morgan fingerprint density at radius 3 is 2.88 bits per heavy atom. The van der Waals surface area contributed by atoms with Crippen LogP contribution in [0.4, 0.5) is 5.69 Å². The molecule has 0 aliphatic carbocycles. The van der Waals surface area contributed by atoms with Gasteiger partial charge in [0.2, 0.25) is 0 Å². The van der Waals surface area contributed by atoms with Crippen molar-refractivity contribution in [2.24, 2.45) is 0 Å². The molecule has 84 valence electrons. The Balaban J connectivity index is 2.21. The second-order valence-electron chi connectivity index (χ2n) is 3.95. The third-order valence-corrected chi connectivity index (χ3v) is 2.69. The number of nitrogens with one attached hydrogen (secondary N) is 1. The number of benzene rings is 1. The lowest BCUT2D eigenvalue weighted by atomic mass is 10.1. The summed E-state index contributed by atoms with van der Waals surface area (Å²) in [5, 5.41) is 0. The van der Waals surface area contributed by atoms with Gasteiger partial charge in [0.25, 0.3) is 0 Å². The van der Waals surface area contributed by atoms with Gasteiger partial charge in [0.05, 0.1) is 5.69 Å². The number of aromatic nitrogens is 2. The van der Waals surface area contributed by atoms with Gasteiger partial charge in [-0.25, -0.2) is 0 Å². The van der Waals surface area contributed by atoms with Crippen LogP contribution >= 0.6 is 0 Å². The van der Waals surface area contributed by atoms with Crippen molar-refractivity contribution >= 4 is 11.3 Å². The topological polar surface area (TPSA) is 63.3 Å². The molecule has 2 aromatic heterocycles. The van der Waals surface area contributed by atoms with Crippen LogP contribution in [0.25, 0.3) is 16.9 Å². The van der Waals surface area contributed by atoms with Crippen LogP contribution in [0, 0.1) is 0 Å². The predicted octanol–water partition coefficient (Wildman–Crippen LogP) is 1.88. The summed E-state index contributed by atoms with van der Waals surface area (Å²) in [6.07, 6.45) is 3.67. The first-order chi connectivity index (χ1) is 8.22. The molecule has 4 heteroatoms. The smallest absolute Gasteiger partial charge is 0.183 e. The van der Waals surface area contributed by atoms with Gasteiger partial charge in [0.15, 0.2) is 5.43 Å². The zero-order valence-corrected chi connectivity index (χ0v) is 9.05. The van der Waals surface area contributed by atoms with Crippen molar-refractivity contribution in [1.82, 2.24) is 9.38 Å². The minimum atomic E-state index is -0.00836. The highest BCUT2D eigenvalue weighted by Gasteiger charge is 2.02. The van der Waals surface area contributed by atoms with Gasteiger partial charge in [0, 0.05) is 35.8 Å². The summed E-state index contributed by atoms with van der Waals surface area (Å²) >= 11 is 0. The molecule has 0 amide bonds. The lowest BCUT2D eigenvalue weighted by Gasteiger charge is -1.97. The molecule has 1 aromatic carbocycles. The van der Waals surface area contributed by atoms with Crippen LogP contribution in [0.1, 0.15) is 0 Å². The van der Waals surface area contributed by atoms with E-state index in [1.54, 1.807) is 12.3 Å². The van der Waals surface area contributed by atoms with E-state index in [-0.39, 0.29) is 5.43 Å². The van der Waals surface area contributed by atoms with Gasteiger partial charge in [-0.2, -0.15) is 0 Å². The number of anilines is 1. The molecule has 4 nitrogen and oxygen atoms in total. The molecule has 2 heterocycles. The fourth-order valence-electron chi connectivity index (χ4n) is 1.87. The Kier molecular flexibility index (Phi) is 2.01. The third kappa shape index (κ3) is 1.69. The average Bonchev–Trinajstić information content (AvgIpc) is 2.72. The molecular weight excluding hydrogens is 214 g/mol. The van der Waals surface area contributed by atoms with Crippen LogP contribution in [-0.4, -0.2) is 9.38 Å². The number of pyridine rings is 1. The van der Waals surface area contributed by atoms with Gasteiger partial charge < -0.3 is 15.1 Å². The van der Waals surface area contributed by atoms with Crippen LogP contribution < -0.4 is 11.2 Å². The normalized spacial score (nSPS) is 10.8. The van der Waals surface area contributed by atoms with Crippen LogP contribution in [0.2, 0.25) is 0 Å². The molecule has 0 atom stereocenters. The van der Waals surface area contributed by atoms with Gasteiger partial charge in [-0.1, -0.05) is 12.1 Å². The van der Waals surface area contributed by atoms with Crippen molar-refractivity contribution in [2.45, 2.75) is 0 Å². The summed E-state index contributed by atoms with van der Waals surface area (Å²) in [6.45, 7) is 0. The van der Waals surface area contributed by atoms with Gasteiger partial charge >= 0.3 is 0 Å². The predicted molar refractivity (Wildman–Crippen MR) is 67.9 cm³/mol. The Hall–Kier alpha value is -2.49. The zero-order chi connectivity index (χ0) is 11.8. The quantitative estimate of drug-likeness (QED) is 0.621. The second kappa shape index (κ2) is 3.52. The first kappa shape index (κ1) is 9.72. The first-order valence-corrected chi connectivity index (χ1v) is 5.29. The number of H-pyrrole nitrogens is 1. The second-order valence-corrected chi connectivity index (χ2v) is 3.95. The van der Waals surface area contributed by atoms with Crippen LogP contribution in [0.5, 0.6) is 0 Å². The number of nitrogen functional groups attached to an aromatic ring is 1. The molecule has 3 rings (SSSR count). The van der Waals surface area contributed by atoms with Crippen molar-refractivity contribution < 1.29 is 0 Å². The minimum absolute atomic E-state index is 0.00836. The number of aromatic amines is 1. The summed E-state index contributed by atoms with van der Waals surface area (Å²) in [7, 11) is 0. The number of imidazole rings is 1. The molecule has 0 aliphatic heterocycles. The molecule has 0 saturated carbocycles. The summed E-state index contributed by atoms with van der Waals surface area (Å²) in [4.78, 5) is 14.4. The van der Waals surface area contributed by atoms with Gasteiger partial charge in [-0.05, 0) is 12.1 Å². The molecule has 0 aliphatic rings. The molecule has 17 heavy (non-hydrogen) atoms. The number of nitrogens with two attached hydrogens (primary N) is 1. The standard InChI is InChI=1S/C13H11N3O/c14-10-3-1-2-9(6-10)12-8-16-5-4-11(17)7-13(16)15-12/h1-8,15H,14H2. The van der Waals surface area contributed by atoms with Crippen LogP contribution in [0.15, 0.2) is 53.6 Å². The minimum Gasteiger partial charge on any atom is -0.399 e. The van der Waals surface area contributed by atoms with Gasteiger partial charge in [0.1, 0.15) is 5.65 Å². The van der Waals surface area contributed by atoms with Crippen molar-refractivity contribution in [1.29, 1.82) is 0 Å². The number of nitrogens with zero attached hydrogens (tertiary/aromatic N) is 1. The van der Waals surface area contributed by atoms with E-state index in [1.165, 1.54) is 6.07 Å². The lowest BCUT2D eigenvalue weighted by Crippen LogP contribution is -1.97. The highest BCUT2D eigenvalue weighted by molar-refractivity contribution is 5.66. The van der Waals surface area contributed by atoms with Crippen LogP contribution in [0.3, 0.4) is 0 Å². The molecule has 0 saturated heterocycles. The maximum Gasteiger partial charge on any atom is 0.183 e. The monoisotopic (exact) mass is 225 g/mol. The Morgan fingerprint density at radius 1 is 1.18 bits per heavy atom. The zero-order valence-electron chi connectivity index (χ0n) is 9.05. The highest BCUT2D eigenvalue weighted by Crippen LogP contribution is 2.20. The summed E-state index contributed by atoms with van der Waals surface area (Å²) in [6, 6.07) is 10.7. The number of rotatable bonds is 1. The Bertz CT molecular complexity index is 740. The summed E-state index contributed by atoms with van der Waals surface area (Å²) < 4.78 is 1.87. The van der Waals surface area contributed by atoms with Crippen LogP contribution in [-0.2, 0) is 0 Å². The first-order valence-electron chi connectivity index (χ1n) is 5.29. The van der Waals surface area contributed by atoms with Gasteiger partial charge in [-0.15, -0.1) is 0 Å². The average molecular weight is 225 g/mol. The molecule has 0 radical (unpaired) electrons. The van der Waals surface area contributed by atoms with E-state index < -0.39 is 0 Å². The van der Waals surface area contributed by atoms with Crippen molar-refractivity contribution in [3.8, 4) is 11.3 Å². The Labute approximate surface area is 97.3 Å². The highest BCUT2D eigenvalue weighted by atomic mass is 16.1. The molecular formula is C13H11N3O. The largest absolute Gasteiger partial charge is 0.399 e.